The predicted molar refractivity (Wildman–Crippen MR) is 64.8 cm³/mol. The molecule has 0 aliphatic rings. The fraction of sp³-hybridized carbons (Fsp3) is 0.333. The van der Waals surface area contributed by atoms with Crippen LogP contribution in [0.3, 0.4) is 0 Å². The van der Waals surface area contributed by atoms with E-state index < -0.39 is 17.7 Å². The third-order valence-electron chi connectivity index (χ3n) is 2.89. The second-order valence-corrected chi connectivity index (χ2v) is 3.97. The first-order valence-corrected chi connectivity index (χ1v) is 5.41. The zero-order valence-corrected chi connectivity index (χ0v) is 10.8. The number of nitriles is 1. The second-order valence-electron chi connectivity index (χ2n) is 3.97. The first-order valence-electron chi connectivity index (χ1n) is 5.41. The van der Waals surface area contributed by atoms with Crippen molar-refractivity contribution in [2.75, 3.05) is 6.54 Å². The highest BCUT2D eigenvalue weighted by Gasteiger charge is 2.27. The zero-order valence-electron chi connectivity index (χ0n) is 10.8. The third-order valence-corrected chi connectivity index (χ3v) is 2.89. The van der Waals surface area contributed by atoms with Crippen LogP contribution in [0.4, 0.5) is 0 Å². The number of carbonyl (C=O) groups is 3. The molecule has 0 saturated heterocycles. The lowest BCUT2D eigenvalue weighted by molar-refractivity contribution is -0.116. The minimum Gasteiger partial charge on any atom is -0.477 e. The van der Waals surface area contributed by atoms with E-state index in [0.717, 1.165) is 0 Å². The molecule has 0 aliphatic carbocycles. The molecule has 1 rings (SSSR count). The molecule has 0 radical (unpaired) electrons. The van der Waals surface area contributed by atoms with Gasteiger partial charge in [-0.2, -0.15) is 5.26 Å². The van der Waals surface area contributed by atoms with Crippen LogP contribution in [0.2, 0.25) is 0 Å². The number of carboxylic acids is 1. The van der Waals surface area contributed by atoms with Crippen molar-refractivity contribution < 1.29 is 19.5 Å². The van der Waals surface area contributed by atoms with Crippen molar-refractivity contribution in [3.8, 4) is 6.07 Å². The number of amides is 1. The highest BCUT2D eigenvalue weighted by atomic mass is 16.4. The molecule has 1 heterocycles. The minimum atomic E-state index is -1.17. The minimum absolute atomic E-state index is 0.0334. The Morgan fingerprint density at radius 3 is 2.37 bits per heavy atom. The number of Topliss-reactive ketones (excluding diaryl/α,β-unsaturated/α-hetero) is 1. The lowest BCUT2D eigenvalue weighted by Crippen LogP contribution is -2.31. The van der Waals surface area contributed by atoms with Gasteiger partial charge in [-0.3, -0.25) is 9.59 Å². The summed E-state index contributed by atoms with van der Waals surface area (Å²) >= 11 is 0. The van der Waals surface area contributed by atoms with Crippen LogP contribution in [0.15, 0.2) is 0 Å². The van der Waals surface area contributed by atoms with Crippen molar-refractivity contribution in [3.05, 3.63) is 22.5 Å². The molecule has 19 heavy (non-hydrogen) atoms. The van der Waals surface area contributed by atoms with E-state index in [2.05, 4.69) is 5.32 Å². The lowest BCUT2D eigenvalue weighted by Gasteiger charge is -2.02. The molecule has 0 atom stereocenters. The standard InChI is InChI=1S/C12H13N3O4/c1-6-8(10(16)11(17)14-5-4-13)7(2)15(3)9(6)12(18)19/h5H2,1-3H3,(H,14,17)(H,18,19). The van der Waals surface area contributed by atoms with Crippen LogP contribution in [0.25, 0.3) is 0 Å². The third kappa shape index (κ3) is 2.47. The van der Waals surface area contributed by atoms with Gasteiger partial charge in [-0.05, 0) is 19.4 Å². The number of nitrogens with one attached hydrogen (secondary N) is 1. The number of carboxylic acid groups (broad SMARTS) is 1. The molecule has 100 valence electrons. The van der Waals surface area contributed by atoms with Crippen LogP contribution in [0, 0.1) is 25.2 Å². The van der Waals surface area contributed by atoms with E-state index in [1.165, 1.54) is 18.5 Å². The number of hydrogen-bond acceptors (Lipinski definition) is 4. The molecule has 0 fully saturated rings. The summed E-state index contributed by atoms with van der Waals surface area (Å²) in [5.74, 6) is -2.93. The van der Waals surface area contributed by atoms with Crippen molar-refractivity contribution in [1.29, 1.82) is 5.26 Å². The Kier molecular flexibility index (Phi) is 4.07. The molecule has 1 aromatic rings. The number of rotatable bonds is 4. The molecule has 0 aliphatic heterocycles. The summed E-state index contributed by atoms with van der Waals surface area (Å²) in [5.41, 5.74) is 0.667. The van der Waals surface area contributed by atoms with E-state index in [1.54, 1.807) is 13.0 Å². The van der Waals surface area contributed by atoms with Gasteiger partial charge in [0.1, 0.15) is 12.2 Å². The highest BCUT2D eigenvalue weighted by molar-refractivity contribution is 6.43. The Balaban J connectivity index is 3.26. The molecule has 0 aromatic carbocycles. The maximum absolute atomic E-state index is 12.0. The van der Waals surface area contributed by atoms with E-state index in [1.807, 2.05) is 0 Å². The number of hydrogen-bond donors (Lipinski definition) is 2. The Morgan fingerprint density at radius 1 is 1.37 bits per heavy atom. The van der Waals surface area contributed by atoms with Crippen LogP contribution in [-0.2, 0) is 11.8 Å². The van der Waals surface area contributed by atoms with E-state index >= 15 is 0 Å². The van der Waals surface area contributed by atoms with Gasteiger partial charge in [-0.15, -0.1) is 0 Å². The van der Waals surface area contributed by atoms with Gasteiger partial charge in [0.05, 0.1) is 11.6 Å². The maximum atomic E-state index is 12.0. The van der Waals surface area contributed by atoms with Crippen LogP contribution in [-0.4, -0.2) is 33.9 Å². The summed E-state index contributed by atoms with van der Waals surface area (Å²) in [5, 5.41) is 19.5. The Labute approximate surface area is 109 Å². The molecule has 2 N–H and O–H groups in total. The summed E-state index contributed by atoms with van der Waals surface area (Å²) in [6.07, 6.45) is 0. The zero-order chi connectivity index (χ0) is 14.7. The maximum Gasteiger partial charge on any atom is 0.352 e. The van der Waals surface area contributed by atoms with Crippen LogP contribution >= 0.6 is 0 Å². The van der Waals surface area contributed by atoms with Gasteiger partial charge in [0.2, 0.25) is 0 Å². The molecule has 1 aromatic heterocycles. The topological polar surface area (TPSA) is 112 Å². The van der Waals surface area contributed by atoms with E-state index in [-0.39, 0.29) is 23.4 Å². The van der Waals surface area contributed by atoms with Gasteiger partial charge < -0.3 is 15.0 Å². The molecule has 0 unspecified atom stereocenters. The van der Waals surface area contributed by atoms with Gasteiger partial charge in [-0.25, -0.2) is 4.79 Å². The number of aromatic nitrogens is 1. The molecule has 0 spiro atoms. The van der Waals surface area contributed by atoms with Gasteiger partial charge >= 0.3 is 5.97 Å². The summed E-state index contributed by atoms with van der Waals surface area (Å²) in [6, 6.07) is 1.69. The normalized spacial score (nSPS) is 9.79. The molecule has 7 nitrogen and oxygen atoms in total. The summed E-state index contributed by atoms with van der Waals surface area (Å²) in [4.78, 5) is 34.6. The fourth-order valence-electron chi connectivity index (χ4n) is 1.93. The summed E-state index contributed by atoms with van der Waals surface area (Å²) in [6.45, 7) is 2.76. The van der Waals surface area contributed by atoms with Crippen molar-refractivity contribution in [3.63, 3.8) is 0 Å². The summed E-state index contributed by atoms with van der Waals surface area (Å²) in [7, 11) is 1.51. The van der Waals surface area contributed by atoms with Gasteiger partial charge in [0.15, 0.2) is 0 Å². The van der Waals surface area contributed by atoms with Gasteiger partial charge in [0.25, 0.3) is 11.7 Å². The molecule has 0 bridgehead atoms. The first-order chi connectivity index (χ1) is 8.82. The Morgan fingerprint density at radius 2 is 1.95 bits per heavy atom. The van der Waals surface area contributed by atoms with Crippen molar-refractivity contribution in [2.24, 2.45) is 7.05 Å². The van der Waals surface area contributed by atoms with Crippen molar-refractivity contribution in [1.82, 2.24) is 9.88 Å². The van der Waals surface area contributed by atoms with Crippen molar-refractivity contribution >= 4 is 17.7 Å². The average molecular weight is 263 g/mol. The largest absolute Gasteiger partial charge is 0.477 e. The van der Waals surface area contributed by atoms with E-state index in [4.69, 9.17) is 10.4 Å². The number of nitrogens with zero attached hydrogens (tertiary/aromatic N) is 2. The SMILES string of the molecule is Cc1c(C(=O)C(=O)NCC#N)c(C)n(C)c1C(=O)O. The van der Waals surface area contributed by atoms with Crippen LogP contribution in [0.1, 0.15) is 32.1 Å². The fourth-order valence-corrected chi connectivity index (χ4v) is 1.93. The number of ketones is 1. The smallest absolute Gasteiger partial charge is 0.352 e. The number of carbonyl (C=O) groups excluding carboxylic acids is 2. The number of aromatic carboxylic acids is 1. The monoisotopic (exact) mass is 263 g/mol. The van der Waals surface area contributed by atoms with E-state index in [9.17, 15) is 14.4 Å². The highest BCUT2D eigenvalue weighted by Crippen LogP contribution is 2.21. The molecular weight excluding hydrogens is 250 g/mol. The Hall–Kier alpha value is -2.62. The van der Waals surface area contributed by atoms with Crippen LogP contribution < -0.4 is 5.32 Å². The van der Waals surface area contributed by atoms with Gasteiger partial charge in [-0.1, -0.05) is 0 Å². The molecule has 1 amide bonds. The van der Waals surface area contributed by atoms with E-state index in [0.29, 0.717) is 5.69 Å². The average Bonchev–Trinajstić information content (AvgIpc) is 2.56. The predicted octanol–water partition coefficient (Wildman–Crippen LogP) is 0.163. The van der Waals surface area contributed by atoms with Crippen LogP contribution in [0.5, 0.6) is 0 Å². The lowest BCUT2D eigenvalue weighted by atomic mass is 10.1. The Bertz CT molecular complexity index is 607. The summed E-state index contributed by atoms with van der Waals surface area (Å²) < 4.78 is 1.35. The van der Waals surface area contributed by atoms with Gasteiger partial charge in [0, 0.05) is 12.7 Å². The first kappa shape index (κ1) is 14.4. The second kappa shape index (κ2) is 5.35. The molecule has 0 saturated carbocycles. The molecule has 7 heteroatoms. The quantitative estimate of drug-likeness (QED) is 0.456. The molecular formula is C12H13N3O4. The van der Waals surface area contributed by atoms with Crippen molar-refractivity contribution in [2.45, 2.75) is 13.8 Å².